The van der Waals surface area contributed by atoms with Crippen LogP contribution in [0.3, 0.4) is 0 Å². The van der Waals surface area contributed by atoms with E-state index in [-0.39, 0.29) is 10.7 Å². The normalized spacial score (nSPS) is 19.0. The van der Waals surface area contributed by atoms with E-state index in [4.69, 9.17) is 16.3 Å². The third-order valence-electron chi connectivity index (χ3n) is 6.82. The van der Waals surface area contributed by atoms with Crippen LogP contribution in [0.5, 0.6) is 0 Å². The van der Waals surface area contributed by atoms with Gasteiger partial charge in [0.25, 0.3) is 5.60 Å². The molecule has 1 amide bonds. The van der Waals surface area contributed by atoms with Crippen molar-refractivity contribution in [1.29, 1.82) is 0 Å². The molecular weight excluding hydrogens is 578 g/mol. The predicted molar refractivity (Wildman–Crippen MR) is 142 cm³/mol. The molecule has 2 aliphatic rings. The summed E-state index contributed by atoms with van der Waals surface area (Å²) in [5, 5.41) is 14.7. The van der Waals surface area contributed by atoms with E-state index in [1.165, 1.54) is 18.2 Å². The van der Waals surface area contributed by atoms with Gasteiger partial charge < -0.3 is 19.6 Å². The summed E-state index contributed by atoms with van der Waals surface area (Å²) in [5.74, 6) is 0. The minimum atomic E-state index is -6.06. The second-order valence-corrected chi connectivity index (χ2v) is 11.2. The fourth-order valence-corrected chi connectivity index (χ4v) is 4.94. The van der Waals surface area contributed by atoms with Gasteiger partial charge in [0.15, 0.2) is 0 Å². The number of amides is 1. The number of anilines is 2. The third-order valence-corrected chi connectivity index (χ3v) is 7.14. The van der Waals surface area contributed by atoms with Gasteiger partial charge in [-0.1, -0.05) is 35.9 Å². The van der Waals surface area contributed by atoms with Crippen LogP contribution in [0.2, 0.25) is 5.02 Å². The topological polar surface area (TPSA) is 68.6 Å². The maximum atomic E-state index is 13.7. The van der Waals surface area contributed by atoms with Crippen LogP contribution in [0.4, 0.5) is 42.5 Å². The molecule has 7 nitrogen and oxygen atoms in total. The molecule has 2 aliphatic heterocycles. The van der Waals surface area contributed by atoms with Gasteiger partial charge in [-0.15, -0.1) is 0 Å². The Morgan fingerprint density at radius 2 is 1.49 bits per heavy atom. The van der Waals surface area contributed by atoms with E-state index in [0.29, 0.717) is 31.7 Å². The van der Waals surface area contributed by atoms with Crippen molar-refractivity contribution >= 4 is 34.8 Å². The molecule has 14 heteroatoms. The molecule has 0 radical (unpaired) electrons. The van der Waals surface area contributed by atoms with Crippen molar-refractivity contribution in [2.45, 2.75) is 56.8 Å². The van der Waals surface area contributed by atoms with Crippen LogP contribution in [-0.4, -0.2) is 71.5 Å². The highest BCUT2D eigenvalue weighted by Crippen LogP contribution is 2.49. The Morgan fingerprint density at radius 3 is 2.00 bits per heavy atom. The summed E-state index contributed by atoms with van der Waals surface area (Å²) < 4.78 is 87.5. The first kappa shape index (κ1) is 30.8. The molecule has 0 aliphatic carbocycles. The SMILES string of the molecule is CC(C)(C)OC(=O)N1CCN(c2ccc(C3CC(C(O)(C(F)(F)F)C(F)(F)F)=NN3c3ccccc3Cl)cc2)CC1. The van der Waals surface area contributed by atoms with Crippen LogP contribution >= 0.6 is 11.6 Å². The van der Waals surface area contributed by atoms with Crippen molar-refractivity contribution in [3.05, 3.63) is 59.1 Å². The van der Waals surface area contributed by atoms with Gasteiger partial charge in [-0.3, -0.25) is 5.01 Å². The summed E-state index contributed by atoms with van der Waals surface area (Å²) in [6.07, 6.45) is -13.4. The zero-order chi connectivity index (χ0) is 30.4. The van der Waals surface area contributed by atoms with Crippen molar-refractivity contribution in [3.63, 3.8) is 0 Å². The Balaban J connectivity index is 1.58. The molecule has 0 spiro atoms. The van der Waals surface area contributed by atoms with Crippen LogP contribution in [-0.2, 0) is 4.74 Å². The molecule has 0 aromatic heterocycles. The van der Waals surface area contributed by atoms with E-state index in [1.807, 2.05) is 4.90 Å². The number of carbonyl (C=O) groups is 1. The lowest BCUT2D eigenvalue weighted by molar-refractivity contribution is -0.338. The van der Waals surface area contributed by atoms with Crippen molar-refractivity contribution < 1.29 is 41.0 Å². The largest absolute Gasteiger partial charge is 0.444 e. The molecule has 4 rings (SSSR count). The van der Waals surface area contributed by atoms with E-state index in [0.717, 1.165) is 10.7 Å². The molecule has 2 aromatic carbocycles. The lowest BCUT2D eigenvalue weighted by Gasteiger charge is -2.37. The maximum absolute atomic E-state index is 13.7. The summed E-state index contributed by atoms with van der Waals surface area (Å²) in [6, 6.07) is 11.4. The van der Waals surface area contributed by atoms with Gasteiger partial charge in [0.05, 0.1) is 22.5 Å². The number of halogens is 7. The lowest BCUT2D eigenvalue weighted by Crippen LogP contribution is -2.62. The van der Waals surface area contributed by atoms with Crippen LogP contribution < -0.4 is 9.91 Å². The summed E-state index contributed by atoms with van der Waals surface area (Å²) in [4.78, 5) is 15.9. The first-order chi connectivity index (χ1) is 18.9. The number of carbonyl (C=O) groups excluding carboxylic acids is 1. The van der Waals surface area contributed by atoms with Crippen molar-refractivity contribution in [1.82, 2.24) is 4.90 Å². The van der Waals surface area contributed by atoms with E-state index in [9.17, 15) is 36.2 Å². The summed E-state index contributed by atoms with van der Waals surface area (Å²) in [7, 11) is 0. The van der Waals surface area contributed by atoms with Crippen LogP contribution in [0, 0.1) is 0 Å². The molecule has 224 valence electrons. The minimum Gasteiger partial charge on any atom is -0.444 e. The summed E-state index contributed by atoms with van der Waals surface area (Å²) >= 11 is 6.23. The number of hydrogen-bond donors (Lipinski definition) is 1. The molecule has 0 bridgehead atoms. The van der Waals surface area contributed by atoms with E-state index in [1.54, 1.807) is 56.0 Å². The monoisotopic (exact) mass is 606 g/mol. The Labute approximate surface area is 237 Å². The standard InChI is InChI=1S/C27H29ClF6N4O3/c1-24(2,3)41-23(39)37-14-12-36(13-15-37)18-10-8-17(9-11-18)21-16-22(25(40,26(29,30)31)27(32,33)34)35-38(21)20-7-5-4-6-19(20)28/h4-11,21,40H,12-16H2,1-3H3. The first-order valence-electron chi connectivity index (χ1n) is 12.7. The summed E-state index contributed by atoms with van der Waals surface area (Å²) in [6.45, 7) is 7.13. The first-order valence-corrected chi connectivity index (χ1v) is 13.1. The zero-order valence-corrected chi connectivity index (χ0v) is 23.2. The van der Waals surface area contributed by atoms with E-state index in [2.05, 4.69) is 5.10 Å². The van der Waals surface area contributed by atoms with Gasteiger partial charge in [0.2, 0.25) is 0 Å². The number of ether oxygens (including phenoxy) is 1. The number of hydrogen-bond acceptors (Lipinski definition) is 6. The number of nitrogens with zero attached hydrogens (tertiary/aromatic N) is 4. The van der Waals surface area contributed by atoms with Gasteiger partial charge in [-0.25, -0.2) is 4.79 Å². The molecule has 1 unspecified atom stereocenters. The molecular formula is C27H29ClF6N4O3. The Morgan fingerprint density at radius 1 is 0.927 bits per heavy atom. The van der Waals surface area contributed by atoms with E-state index >= 15 is 0 Å². The number of rotatable bonds is 4. The minimum absolute atomic E-state index is 0.0598. The van der Waals surface area contributed by atoms with Crippen LogP contribution in [0.1, 0.15) is 38.8 Å². The van der Waals surface area contributed by atoms with Crippen LogP contribution in [0.25, 0.3) is 0 Å². The number of alkyl halides is 6. The Kier molecular flexibility index (Phi) is 8.18. The smallest absolute Gasteiger partial charge is 0.431 e. The van der Waals surface area contributed by atoms with Crippen molar-refractivity contribution in [2.24, 2.45) is 5.10 Å². The lowest BCUT2D eigenvalue weighted by atomic mass is 9.90. The van der Waals surface area contributed by atoms with Crippen molar-refractivity contribution in [2.75, 3.05) is 36.1 Å². The van der Waals surface area contributed by atoms with Gasteiger partial charge in [-0.2, -0.15) is 31.4 Å². The maximum Gasteiger partial charge on any atom is 0.431 e. The van der Waals surface area contributed by atoms with Gasteiger partial charge in [-0.05, 0) is 50.6 Å². The molecule has 1 saturated heterocycles. The van der Waals surface area contributed by atoms with E-state index < -0.39 is 47.8 Å². The Bertz CT molecular complexity index is 1270. The molecule has 2 aromatic rings. The molecule has 1 N–H and O–H groups in total. The number of piperazine rings is 1. The highest BCUT2D eigenvalue weighted by Gasteiger charge is 2.74. The number of benzene rings is 2. The number of para-hydroxylation sites is 1. The molecule has 41 heavy (non-hydrogen) atoms. The predicted octanol–water partition coefficient (Wildman–Crippen LogP) is 6.56. The van der Waals surface area contributed by atoms with Crippen molar-refractivity contribution in [3.8, 4) is 0 Å². The molecule has 1 fully saturated rings. The number of hydrazone groups is 1. The van der Waals surface area contributed by atoms with Gasteiger partial charge in [0, 0.05) is 38.3 Å². The fourth-order valence-electron chi connectivity index (χ4n) is 4.72. The molecule has 1 atom stereocenters. The number of aliphatic hydroxyl groups is 1. The fraction of sp³-hybridized carbons (Fsp3) is 0.481. The average molecular weight is 607 g/mol. The average Bonchev–Trinajstić information content (AvgIpc) is 3.32. The quantitative estimate of drug-likeness (QED) is 0.399. The Hall–Kier alpha value is -3.19. The van der Waals surface area contributed by atoms with Gasteiger partial charge >= 0.3 is 18.4 Å². The molecule has 0 saturated carbocycles. The third kappa shape index (κ3) is 6.20. The highest BCUT2D eigenvalue weighted by molar-refractivity contribution is 6.33. The summed E-state index contributed by atoms with van der Waals surface area (Å²) in [5.41, 5.74) is -6.04. The van der Waals surface area contributed by atoms with Crippen LogP contribution in [0.15, 0.2) is 53.6 Å². The van der Waals surface area contributed by atoms with Gasteiger partial charge in [0.1, 0.15) is 5.60 Å². The second kappa shape index (κ2) is 10.9. The zero-order valence-electron chi connectivity index (χ0n) is 22.4. The molecule has 2 heterocycles. The highest BCUT2D eigenvalue weighted by atomic mass is 35.5. The second-order valence-electron chi connectivity index (χ2n) is 10.8.